The molecule has 5 heteroatoms. The van der Waals surface area contributed by atoms with E-state index in [1.54, 1.807) is 0 Å². The third kappa shape index (κ3) is 5.19. The van der Waals surface area contributed by atoms with Crippen LogP contribution in [0, 0.1) is 5.92 Å². The summed E-state index contributed by atoms with van der Waals surface area (Å²) in [4.78, 5) is 14.7. The van der Waals surface area contributed by atoms with Crippen LogP contribution in [0.1, 0.15) is 43.0 Å². The van der Waals surface area contributed by atoms with E-state index in [1.807, 2.05) is 29.2 Å². The molecule has 2 aliphatic rings. The first kappa shape index (κ1) is 18.2. The second-order valence-corrected chi connectivity index (χ2v) is 7.02. The van der Waals surface area contributed by atoms with Gasteiger partial charge in [0.15, 0.2) is 0 Å². The van der Waals surface area contributed by atoms with E-state index in [0.717, 1.165) is 69.8 Å². The number of rotatable bonds is 7. The maximum atomic E-state index is 12.8. The Morgan fingerprint density at radius 1 is 1.32 bits per heavy atom. The lowest BCUT2D eigenvalue weighted by Gasteiger charge is -2.32. The molecule has 1 unspecified atom stereocenters. The van der Waals surface area contributed by atoms with Crippen molar-refractivity contribution in [1.82, 2.24) is 10.2 Å². The average molecular weight is 346 g/mol. The van der Waals surface area contributed by atoms with Crippen LogP contribution in [0.5, 0.6) is 5.75 Å². The van der Waals surface area contributed by atoms with Gasteiger partial charge in [0.2, 0.25) is 0 Å². The van der Waals surface area contributed by atoms with E-state index in [1.165, 1.54) is 0 Å². The summed E-state index contributed by atoms with van der Waals surface area (Å²) in [6.45, 7) is 7.28. The number of benzene rings is 1. The van der Waals surface area contributed by atoms with Crippen LogP contribution in [0.2, 0.25) is 0 Å². The van der Waals surface area contributed by atoms with Gasteiger partial charge < -0.3 is 19.7 Å². The number of carbonyl (C=O) groups excluding carboxylic acids is 1. The van der Waals surface area contributed by atoms with Gasteiger partial charge in [-0.15, -0.1) is 0 Å². The SMILES string of the molecule is CCNCC1CCN(C(=O)c2cccc(OCC3CCCO3)c2)CC1. The summed E-state index contributed by atoms with van der Waals surface area (Å²) in [5.41, 5.74) is 0.718. The molecule has 2 saturated heterocycles. The number of nitrogens with zero attached hydrogens (tertiary/aromatic N) is 1. The van der Waals surface area contributed by atoms with Crippen molar-refractivity contribution in [2.45, 2.75) is 38.7 Å². The Morgan fingerprint density at radius 3 is 2.88 bits per heavy atom. The normalized spacial score (nSPS) is 21.5. The quantitative estimate of drug-likeness (QED) is 0.825. The number of ether oxygens (including phenoxy) is 2. The van der Waals surface area contributed by atoms with Crippen LogP contribution >= 0.6 is 0 Å². The molecular formula is C20H30N2O3. The maximum Gasteiger partial charge on any atom is 0.253 e. The van der Waals surface area contributed by atoms with Crippen molar-refractivity contribution >= 4 is 5.91 Å². The minimum Gasteiger partial charge on any atom is -0.491 e. The number of carbonyl (C=O) groups is 1. The molecule has 0 radical (unpaired) electrons. The highest BCUT2D eigenvalue weighted by molar-refractivity contribution is 5.94. The predicted octanol–water partition coefficient (Wildman–Crippen LogP) is 2.71. The summed E-state index contributed by atoms with van der Waals surface area (Å²) < 4.78 is 11.4. The van der Waals surface area contributed by atoms with Crippen molar-refractivity contribution in [2.75, 3.05) is 39.4 Å². The molecule has 1 aromatic carbocycles. The van der Waals surface area contributed by atoms with Crippen molar-refractivity contribution < 1.29 is 14.3 Å². The van der Waals surface area contributed by atoms with Gasteiger partial charge in [0, 0.05) is 25.3 Å². The molecule has 3 rings (SSSR count). The zero-order chi connectivity index (χ0) is 17.5. The van der Waals surface area contributed by atoms with Gasteiger partial charge >= 0.3 is 0 Å². The van der Waals surface area contributed by atoms with E-state index in [0.29, 0.717) is 12.5 Å². The van der Waals surface area contributed by atoms with E-state index in [-0.39, 0.29) is 12.0 Å². The van der Waals surface area contributed by atoms with Crippen LogP contribution in [0.15, 0.2) is 24.3 Å². The van der Waals surface area contributed by atoms with Crippen molar-refractivity contribution in [3.8, 4) is 5.75 Å². The number of hydrogen-bond acceptors (Lipinski definition) is 4. The number of likely N-dealkylation sites (tertiary alicyclic amines) is 1. The number of nitrogens with one attached hydrogen (secondary N) is 1. The molecule has 2 fully saturated rings. The van der Waals surface area contributed by atoms with Crippen molar-refractivity contribution in [3.05, 3.63) is 29.8 Å². The third-order valence-corrected chi connectivity index (χ3v) is 5.13. The highest BCUT2D eigenvalue weighted by Crippen LogP contribution is 2.21. The number of amides is 1. The van der Waals surface area contributed by atoms with Gasteiger partial charge in [-0.1, -0.05) is 13.0 Å². The van der Waals surface area contributed by atoms with Gasteiger partial charge in [-0.25, -0.2) is 0 Å². The molecule has 5 nitrogen and oxygen atoms in total. The van der Waals surface area contributed by atoms with Crippen LogP contribution in [0.25, 0.3) is 0 Å². The van der Waals surface area contributed by atoms with Gasteiger partial charge in [-0.3, -0.25) is 4.79 Å². The summed E-state index contributed by atoms with van der Waals surface area (Å²) in [5, 5.41) is 3.41. The molecule has 2 heterocycles. The molecule has 0 bridgehead atoms. The van der Waals surface area contributed by atoms with Crippen LogP contribution < -0.4 is 10.1 Å². The molecule has 1 amide bonds. The fraction of sp³-hybridized carbons (Fsp3) is 0.650. The molecule has 0 saturated carbocycles. The smallest absolute Gasteiger partial charge is 0.253 e. The molecule has 25 heavy (non-hydrogen) atoms. The standard InChI is InChI=1S/C20H30N2O3/c1-2-21-14-16-8-10-22(11-9-16)20(23)17-5-3-6-18(13-17)25-15-19-7-4-12-24-19/h3,5-6,13,16,19,21H,2,4,7-12,14-15H2,1H3. The highest BCUT2D eigenvalue weighted by atomic mass is 16.5. The molecule has 2 aliphatic heterocycles. The number of piperidine rings is 1. The van der Waals surface area contributed by atoms with E-state index in [4.69, 9.17) is 9.47 Å². The van der Waals surface area contributed by atoms with Crippen LogP contribution in [0.3, 0.4) is 0 Å². The van der Waals surface area contributed by atoms with Gasteiger partial charge in [-0.2, -0.15) is 0 Å². The fourth-order valence-electron chi connectivity index (χ4n) is 3.56. The fourth-order valence-corrected chi connectivity index (χ4v) is 3.56. The Hall–Kier alpha value is -1.59. The van der Waals surface area contributed by atoms with Crippen LogP contribution in [-0.2, 0) is 4.74 Å². The maximum absolute atomic E-state index is 12.8. The topological polar surface area (TPSA) is 50.8 Å². The van der Waals surface area contributed by atoms with Gasteiger partial charge in [0.1, 0.15) is 12.4 Å². The van der Waals surface area contributed by atoms with Gasteiger partial charge in [-0.05, 0) is 62.9 Å². The molecule has 0 aliphatic carbocycles. The summed E-state index contributed by atoms with van der Waals surface area (Å²) in [5.74, 6) is 1.55. The van der Waals surface area contributed by atoms with E-state index < -0.39 is 0 Å². The summed E-state index contributed by atoms with van der Waals surface area (Å²) in [6.07, 6.45) is 4.51. The Kier molecular flexibility index (Phi) is 6.70. The monoisotopic (exact) mass is 346 g/mol. The molecule has 0 aromatic heterocycles. The second-order valence-electron chi connectivity index (χ2n) is 7.02. The molecule has 1 aromatic rings. The lowest BCUT2D eigenvalue weighted by atomic mass is 9.96. The highest BCUT2D eigenvalue weighted by Gasteiger charge is 2.23. The van der Waals surface area contributed by atoms with Crippen molar-refractivity contribution in [1.29, 1.82) is 0 Å². The Bertz CT molecular complexity index is 550. The number of hydrogen-bond donors (Lipinski definition) is 1. The van der Waals surface area contributed by atoms with Crippen molar-refractivity contribution in [2.24, 2.45) is 5.92 Å². The van der Waals surface area contributed by atoms with Crippen LogP contribution in [-0.4, -0.2) is 56.3 Å². The minimum absolute atomic E-state index is 0.115. The Labute approximate surface area is 150 Å². The molecule has 138 valence electrons. The van der Waals surface area contributed by atoms with E-state index in [2.05, 4.69) is 12.2 Å². The summed E-state index contributed by atoms with van der Waals surface area (Å²) in [6, 6.07) is 7.55. The summed E-state index contributed by atoms with van der Waals surface area (Å²) in [7, 11) is 0. The molecule has 1 atom stereocenters. The predicted molar refractivity (Wildman–Crippen MR) is 98.1 cm³/mol. The molecule has 1 N–H and O–H groups in total. The Balaban J connectivity index is 1.51. The lowest BCUT2D eigenvalue weighted by Crippen LogP contribution is -2.40. The Morgan fingerprint density at radius 2 is 2.16 bits per heavy atom. The second kappa shape index (κ2) is 9.20. The van der Waals surface area contributed by atoms with Gasteiger partial charge in [0.05, 0.1) is 6.10 Å². The first-order chi connectivity index (χ1) is 12.3. The lowest BCUT2D eigenvalue weighted by molar-refractivity contribution is 0.0670. The first-order valence-electron chi connectivity index (χ1n) is 9.60. The molecule has 0 spiro atoms. The summed E-state index contributed by atoms with van der Waals surface area (Å²) >= 11 is 0. The largest absolute Gasteiger partial charge is 0.491 e. The zero-order valence-electron chi connectivity index (χ0n) is 15.2. The average Bonchev–Trinajstić information content (AvgIpc) is 3.18. The third-order valence-electron chi connectivity index (χ3n) is 5.13. The first-order valence-corrected chi connectivity index (χ1v) is 9.60. The molecular weight excluding hydrogens is 316 g/mol. The van der Waals surface area contributed by atoms with Crippen molar-refractivity contribution in [3.63, 3.8) is 0 Å². The van der Waals surface area contributed by atoms with Gasteiger partial charge in [0.25, 0.3) is 5.91 Å². The van der Waals surface area contributed by atoms with E-state index >= 15 is 0 Å². The van der Waals surface area contributed by atoms with Crippen LogP contribution in [0.4, 0.5) is 0 Å². The zero-order valence-corrected chi connectivity index (χ0v) is 15.2. The van der Waals surface area contributed by atoms with E-state index in [9.17, 15) is 4.79 Å². The minimum atomic E-state index is 0.115.